The van der Waals surface area contributed by atoms with Crippen LogP contribution in [-0.2, 0) is 23.1 Å². The standard InChI is InChI=1S/C12H19N3O3/c1-12(2,11(17)18)8-10(16)14-5-4-9-13-6-7-15(9)3/h6-7H,4-5,8H2,1-3H3,(H,14,16)(H,17,18). The second-order valence-electron chi connectivity index (χ2n) is 4.92. The summed E-state index contributed by atoms with van der Waals surface area (Å²) in [6.07, 6.45) is 4.14. The largest absolute Gasteiger partial charge is 0.481 e. The van der Waals surface area contributed by atoms with Crippen LogP contribution in [0.25, 0.3) is 0 Å². The van der Waals surface area contributed by atoms with Gasteiger partial charge in [-0.1, -0.05) is 0 Å². The molecule has 18 heavy (non-hydrogen) atoms. The molecule has 1 heterocycles. The summed E-state index contributed by atoms with van der Waals surface area (Å²) >= 11 is 0. The maximum atomic E-state index is 11.6. The first-order valence-electron chi connectivity index (χ1n) is 5.79. The van der Waals surface area contributed by atoms with Gasteiger partial charge in [-0.3, -0.25) is 9.59 Å². The maximum Gasteiger partial charge on any atom is 0.309 e. The number of amides is 1. The van der Waals surface area contributed by atoms with Gasteiger partial charge in [-0.2, -0.15) is 0 Å². The molecule has 1 amide bonds. The molecule has 0 spiro atoms. The summed E-state index contributed by atoms with van der Waals surface area (Å²) in [7, 11) is 1.89. The zero-order chi connectivity index (χ0) is 13.8. The Morgan fingerprint density at radius 1 is 1.50 bits per heavy atom. The third kappa shape index (κ3) is 3.87. The lowest BCUT2D eigenvalue weighted by atomic mass is 9.89. The fourth-order valence-electron chi connectivity index (χ4n) is 1.49. The molecule has 1 rings (SSSR count). The lowest BCUT2D eigenvalue weighted by Gasteiger charge is -2.18. The van der Waals surface area contributed by atoms with Crippen molar-refractivity contribution in [2.45, 2.75) is 26.7 Å². The highest BCUT2D eigenvalue weighted by Gasteiger charge is 2.29. The summed E-state index contributed by atoms with van der Waals surface area (Å²) in [6, 6.07) is 0. The quantitative estimate of drug-likeness (QED) is 0.776. The number of aliphatic carboxylic acids is 1. The molecule has 0 aliphatic rings. The van der Waals surface area contributed by atoms with Crippen molar-refractivity contribution in [1.29, 1.82) is 0 Å². The Morgan fingerprint density at radius 2 is 2.17 bits per heavy atom. The highest BCUT2D eigenvalue weighted by molar-refractivity contribution is 5.84. The second-order valence-corrected chi connectivity index (χ2v) is 4.92. The van der Waals surface area contributed by atoms with E-state index in [1.807, 2.05) is 17.8 Å². The average Bonchev–Trinajstić information content (AvgIpc) is 2.63. The van der Waals surface area contributed by atoms with Crippen molar-refractivity contribution in [3.8, 4) is 0 Å². The first-order valence-corrected chi connectivity index (χ1v) is 5.79. The molecule has 6 heteroatoms. The number of carboxylic acid groups (broad SMARTS) is 1. The van der Waals surface area contributed by atoms with E-state index < -0.39 is 11.4 Å². The number of aryl methyl sites for hydroxylation is 1. The molecular weight excluding hydrogens is 234 g/mol. The fraction of sp³-hybridized carbons (Fsp3) is 0.583. The fourth-order valence-corrected chi connectivity index (χ4v) is 1.49. The van der Waals surface area contributed by atoms with E-state index >= 15 is 0 Å². The van der Waals surface area contributed by atoms with Gasteiger partial charge in [0, 0.05) is 38.8 Å². The molecular formula is C12H19N3O3. The SMILES string of the molecule is Cn1ccnc1CCNC(=O)CC(C)(C)C(=O)O. The third-order valence-electron chi connectivity index (χ3n) is 2.77. The van der Waals surface area contributed by atoms with Gasteiger partial charge in [0.1, 0.15) is 5.82 Å². The van der Waals surface area contributed by atoms with Gasteiger partial charge in [0.15, 0.2) is 0 Å². The monoisotopic (exact) mass is 253 g/mol. The van der Waals surface area contributed by atoms with E-state index in [1.54, 1.807) is 6.20 Å². The van der Waals surface area contributed by atoms with E-state index in [1.165, 1.54) is 13.8 Å². The Kier molecular flexibility index (Phi) is 4.47. The van der Waals surface area contributed by atoms with E-state index in [2.05, 4.69) is 10.3 Å². The van der Waals surface area contributed by atoms with Gasteiger partial charge in [-0.25, -0.2) is 4.98 Å². The van der Waals surface area contributed by atoms with Crippen LogP contribution < -0.4 is 5.32 Å². The summed E-state index contributed by atoms with van der Waals surface area (Å²) in [6.45, 7) is 3.53. The Bertz CT molecular complexity index is 438. The van der Waals surface area contributed by atoms with Gasteiger partial charge >= 0.3 is 5.97 Å². The number of carbonyl (C=O) groups is 2. The number of hydrogen-bond donors (Lipinski definition) is 2. The molecule has 0 bridgehead atoms. The number of hydrogen-bond acceptors (Lipinski definition) is 3. The lowest BCUT2D eigenvalue weighted by Crippen LogP contribution is -2.34. The van der Waals surface area contributed by atoms with Crippen molar-refractivity contribution in [3.05, 3.63) is 18.2 Å². The zero-order valence-electron chi connectivity index (χ0n) is 10.9. The maximum absolute atomic E-state index is 11.6. The first kappa shape index (κ1) is 14.2. The van der Waals surface area contributed by atoms with E-state index in [4.69, 9.17) is 5.11 Å². The molecule has 2 N–H and O–H groups in total. The molecule has 0 saturated heterocycles. The van der Waals surface area contributed by atoms with Gasteiger partial charge in [0.25, 0.3) is 0 Å². The van der Waals surface area contributed by atoms with E-state index in [-0.39, 0.29) is 12.3 Å². The van der Waals surface area contributed by atoms with Gasteiger partial charge in [-0.15, -0.1) is 0 Å². The predicted octanol–water partition coefficient (Wildman–Crippen LogP) is 0.580. The van der Waals surface area contributed by atoms with Crippen molar-refractivity contribution in [3.63, 3.8) is 0 Å². The molecule has 1 aromatic heterocycles. The third-order valence-corrected chi connectivity index (χ3v) is 2.77. The summed E-state index contributed by atoms with van der Waals surface area (Å²) in [5, 5.41) is 11.6. The molecule has 0 fully saturated rings. The van der Waals surface area contributed by atoms with Gasteiger partial charge in [0.05, 0.1) is 5.41 Å². The number of carboxylic acids is 1. The molecule has 0 aromatic carbocycles. The molecule has 100 valence electrons. The van der Waals surface area contributed by atoms with Crippen LogP contribution in [0.3, 0.4) is 0 Å². The molecule has 6 nitrogen and oxygen atoms in total. The zero-order valence-corrected chi connectivity index (χ0v) is 10.9. The van der Waals surface area contributed by atoms with Crippen LogP contribution in [0, 0.1) is 5.41 Å². The van der Waals surface area contributed by atoms with Crippen LogP contribution in [0.4, 0.5) is 0 Å². The second kappa shape index (κ2) is 5.66. The Hall–Kier alpha value is -1.85. The Balaban J connectivity index is 2.34. The molecule has 0 aliphatic heterocycles. The van der Waals surface area contributed by atoms with Gasteiger partial charge in [0.2, 0.25) is 5.91 Å². The van der Waals surface area contributed by atoms with Crippen LogP contribution in [-0.4, -0.2) is 33.1 Å². The van der Waals surface area contributed by atoms with Crippen LogP contribution in [0.5, 0.6) is 0 Å². The number of nitrogens with zero attached hydrogens (tertiary/aromatic N) is 2. The van der Waals surface area contributed by atoms with Crippen molar-refractivity contribution in [2.24, 2.45) is 12.5 Å². The van der Waals surface area contributed by atoms with Crippen LogP contribution in [0.2, 0.25) is 0 Å². The minimum Gasteiger partial charge on any atom is -0.481 e. The topological polar surface area (TPSA) is 84.2 Å². The van der Waals surface area contributed by atoms with Crippen molar-refractivity contribution in [1.82, 2.24) is 14.9 Å². The Morgan fingerprint density at radius 3 is 2.67 bits per heavy atom. The van der Waals surface area contributed by atoms with Crippen molar-refractivity contribution < 1.29 is 14.7 Å². The van der Waals surface area contributed by atoms with Crippen molar-refractivity contribution in [2.75, 3.05) is 6.54 Å². The minimum absolute atomic E-state index is 0.0249. The summed E-state index contributed by atoms with van der Waals surface area (Å²) in [4.78, 5) is 26.6. The molecule has 0 radical (unpaired) electrons. The van der Waals surface area contributed by atoms with Crippen LogP contribution in [0.1, 0.15) is 26.1 Å². The minimum atomic E-state index is -1.03. The summed E-state index contributed by atoms with van der Waals surface area (Å²) < 4.78 is 1.88. The van der Waals surface area contributed by atoms with E-state index in [0.29, 0.717) is 13.0 Å². The summed E-state index contributed by atoms with van der Waals surface area (Å²) in [5.41, 5.74) is -1.03. The number of carbonyl (C=O) groups excluding carboxylic acids is 1. The first-order chi connectivity index (χ1) is 8.33. The number of imidazole rings is 1. The lowest BCUT2D eigenvalue weighted by molar-refractivity contribution is -0.149. The Labute approximate surface area is 106 Å². The highest BCUT2D eigenvalue weighted by atomic mass is 16.4. The predicted molar refractivity (Wildman–Crippen MR) is 66.0 cm³/mol. The molecule has 0 unspecified atom stereocenters. The van der Waals surface area contributed by atoms with Gasteiger partial charge in [-0.05, 0) is 13.8 Å². The van der Waals surface area contributed by atoms with Gasteiger partial charge < -0.3 is 15.0 Å². The normalized spacial score (nSPS) is 11.3. The molecule has 0 aliphatic carbocycles. The van der Waals surface area contributed by atoms with E-state index in [0.717, 1.165) is 5.82 Å². The molecule has 0 saturated carbocycles. The number of nitrogens with one attached hydrogen (secondary N) is 1. The van der Waals surface area contributed by atoms with Crippen LogP contribution in [0.15, 0.2) is 12.4 Å². The number of rotatable bonds is 6. The molecule has 1 aromatic rings. The van der Waals surface area contributed by atoms with Crippen molar-refractivity contribution >= 4 is 11.9 Å². The molecule has 0 atom stereocenters. The summed E-state index contributed by atoms with van der Waals surface area (Å²) in [5.74, 6) is -0.342. The van der Waals surface area contributed by atoms with Crippen LogP contribution >= 0.6 is 0 Å². The number of aromatic nitrogens is 2. The van der Waals surface area contributed by atoms with E-state index in [9.17, 15) is 9.59 Å². The highest BCUT2D eigenvalue weighted by Crippen LogP contribution is 2.19. The average molecular weight is 253 g/mol. The smallest absolute Gasteiger partial charge is 0.309 e.